The molecular formula is C77H142O12. The van der Waals surface area contributed by atoms with E-state index in [0.717, 1.165) is 75.0 Å². The fourth-order valence-electron chi connectivity index (χ4n) is 13.5. The van der Waals surface area contributed by atoms with Gasteiger partial charge in [0.25, 0.3) is 0 Å². The number of carbonyl (C=O) groups excluding carboxylic acids is 6. The van der Waals surface area contributed by atoms with E-state index in [9.17, 15) is 28.8 Å². The monoisotopic (exact) mass is 1260 g/mol. The summed E-state index contributed by atoms with van der Waals surface area (Å²) >= 11 is 0. The Kier molecular flexibility index (Phi) is 32.3. The summed E-state index contributed by atoms with van der Waals surface area (Å²) < 4.78 is 33.8. The van der Waals surface area contributed by atoms with Crippen molar-refractivity contribution in [2.24, 2.45) is 93.2 Å². The van der Waals surface area contributed by atoms with E-state index in [1.165, 1.54) is 64.2 Å². The Balaban J connectivity index is 0.000000547. The highest BCUT2D eigenvalue weighted by atomic mass is 16.6. The van der Waals surface area contributed by atoms with E-state index in [1.54, 1.807) is 0 Å². The molecule has 8 rings (SSSR count). The van der Waals surface area contributed by atoms with Gasteiger partial charge in [-0.2, -0.15) is 0 Å². The van der Waals surface area contributed by atoms with Crippen LogP contribution in [0, 0.1) is 93.2 Å². The first-order chi connectivity index (χ1) is 40.5. The Morgan fingerprint density at radius 3 is 0.854 bits per heavy atom. The van der Waals surface area contributed by atoms with Crippen molar-refractivity contribution in [1.82, 2.24) is 0 Å². The standard InChI is InChI=1S/C19H32O2.C18H30O2.C11H22O2.2C10H20O2.C9H18O2/c1-6-18(4,5)17(20)21-19(12(2)3)15-8-13-7-14(10-15)11-16(19)9-13;1-5-12(4)17(19)20-18(11(2)3)15-7-13-6-14(9-15)10-16(18)8-13;1-7-10(3,4)9(12)13-11(5,6)8-2;1-7-10(5,6)8(11)12-9(2,3)4;1-6-8(3)9(11)12-10(4,5)7-2;1-6-7(2)8(10)11-9(3,4)5/h12-16H,6-11H2,1-5H3;11-16H,5-10H2,1-4H3;7-8H2,1-6H3;7H2,1-6H3;8H,6-7H2,1-5H3;7H,6H2,1-5H3. The molecule has 8 saturated carbocycles. The van der Waals surface area contributed by atoms with E-state index < -0.39 is 0 Å². The first-order valence-corrected chi connectivity index (χ1v) is 35.9. The van der Waals surface area contributed by atoms with E-state index in [-0.39, 0.29) is 103 Å². The van der Waals surface area contributed by atoms with Crippen molar-refractivity contribution in [3.8, 4) is 0 Å². The molecule has 0 heterocycles. The van der Waals surface area contributed by atoms with Crippen LogP contribution in [-0.4, -0.2) is 69.4 Å². The second kappa shape index (κ2) is 34.3. The zero-order valence-corrected chi connectivity index (χ0v) is 63.6. The Bertz CT molecular complexity index is 2140. The molecule has 3 unspecified atom stereocenters. The van der Waals surface area contributed by atoms with Crippen LogP contribution < -0.4 is 0 Å². The van der Waals surface area contributed by atoms with Crippen molar-refractivity contribution in [3.63, 3.8) is 0 Å². The van der Waals surface area contributed by atoms with Crippen molar-refractivity contribution >= 4 is 35.8 Å². The summed E-state index contributed by atoms with van der Waals surface area (Å²) in [5, 5.41) is 0. The third kappa shape index (κ3) is 24.6. The molecule has 0 aromatic rings. The largest absolute Gasteiger partial charge is 0.460 e. The predicted octanol–water partition coefficient (Wildman–Crippen LogP) is 20.3. The number of esters is 6. The lowest BCUT2D eigenvalue weighted by atomic mass is 9.47. The SMILES string of the molecule is CCC(C)(C)C(=O)OC(C)(C)C.CCC(C)(C)C(=O)OC1(C(C)C)C2CC3CC(C2)CC1C3.CCC(C)(C)OC(=O)C(C)(C)CC.CCC(C)C(=O)OC(C)(C)C.CCC(C)C(=O)OC(C)(C)CC.CCC(C)C(=O)OC1(C(C)C)C2CC3CC(C2)CC1C3. The van der Waals surface area contributed by atoms with Crippen molar-refractivity contribution in [2.75, 3.05) is 0 Å². The van der Waals surface area contributed by atoms with E-state index in [1.807, 2.05) is 173 Å². The maximum absolute atomic E-state index is 12.8. The molecule has 0 aliphatic heterocycles. The van der Waals surface area contributed by atoms with Gasteiger partial charge in [0, 0.05) is 0 Å². The molecule has 0 radical (unpaired) electrons. The predicted molar refractivity (Wildman–Crippen MR) is 365 cm³/mol. The number of hydrogen-bond acceptors (Lipinski definition) is 12. The molecule has 0 aromatic heterocycles. The summed E-state index contributed by atoms with van der Waals surface area (Å²) in [7, 11) is 0. The van der Waals surface area contributed by atoms with Crippen LogP contribution >= 0.6 is 0 Å². The minimum absolute atomic E-state index is 0.0224. The summed E-state index contributed by atoms with van der Waals surface area (Å²) in [5.41, 5.74) is -2.73. The topological polar surface area (TPSA) is 158 Å². The highest BCUT2D eigenvalue weighted by Crippen LogP contribution is 2.63. The lowest BCUT2D eigenvalue weighted by molar-refractivity contribution is -0.231. The van der Waals surface area contributed by atoms with Crippen LogP contribution in [0.25, 0.3) is 0 Å². The molecular weight excluding hydrogens is 1120 g/mol. The van der Waals surface area contributed by atoms with Gasteiger partial charge >= 0.3 is 35.8 Å². The molecule has 8 aliphatic carbocycles. The number of hydrogen-bond donors (Lipinski definition) is 0. The van der Waals surface area contributed by atoms with Gasteiger partial charge in [0.15, 0.2) is 0 Å². The average Bonchev–Trinajstić information content (AvgIpc) is 0.847. The zero-order valence-electron chi connectivity index (χ0n) is 63.6. The molecule has 89 heavy (non-hydrogen) atoms. The molecule has 12 nitrogen and oxygen atoms in total. The molecule has 8 bridgehead atoms. The molecule has 3 atom stereocenters. The first-order valence-electron chi connectivity index (χ1n) is 35.9. The van der Waals surface area contributed by atoms with Gasteiger partial charge < -0.3 is 28.4 Å². The Hall–Kier alpha value is -3.18. The van der Waals surface area contributed by atoms with Crippen LogP contribution in [-0.2, 0) is 57.2 Å². The molecule has 0 aromatic carbocycles. The minimum Gasteiger partial charge on any atom is -0.460 e. The van der Waals surface area contributed by atoms with Crippen LogP contribution in [0.4, 0.5) is 0 Å². The van der Waals surface area contributed by atoms with Crippen molar-refractivity contribution < 1.29 is 57.2 Å². The quantitative estimate of drug-likeness (QED) is 0.0840. The molecule has 8 fully saturated rings. The summed E-state index contributed by atoms with van der Waals surface area (Å²) in [6.07, 6.45) is 20.0. The van der Waals surface area contributed by atoms with Crippen LogP contribution in [0.5, 0.6) is 0 Å². The summed E-state index contributed by atoms with van der Waals surface area (Å²) in [6, 6.07) is 0. The molecule has 522 valence electrons. The molecule has 8 aliphatic rings. The van der Waals surface area contributed by atoms with Crippen LogP contribution in [0.3, 0.4) is 0 Å². The summed E-state index contributed by atoms with van der Waals surface area (Å²) in [5.74, 6) is 6.84. The van der Waals surface area contributed by atoms with Gasteiger partial charge in [-0.15, -0.1) is 0 Å². The Labute approximate surface area is 547 Å². The molecule has 12 heteroatoms. The maximum Gasteiger partial charge on any atom is 0.312 e. The van der Waals surface area contributed by atoms with Gasteiger partial charge in [-0.05, 0) is 286 Å². The first kappa shape index (κ1) is 83.8. The van der Waals surface area contributed by atoms with Crippen LogP contribution in [0.1, 0.15) is 330 Å². The Morgan fingerprint density at radius 1 is 0.326 bits per heavy atom. The van der Waals surface area contributed by atoms with Crippen molar-refractivity contribution in [1.29, 1.82) is 0 Å². The van der Waals surface area contributed by atoms with Crippen LogP contribution in [0.2, 0.25) is 0 Å². The lowest BCUT2D eigenvalue weighted by Crippen LogP contribution is -2.63. The van der Waals surface area contributed by atoms with E-state index in [0.29, 0.717) is 35.5 Å². The zero-order chi connectivity index (χ0) is 69.4. The average molecular weight is 1260 g/mol. The highest BCUT2D eigenvalue weighted by molar-refractivity contribution is 5.77. The second-order valence-corrected chi connectivity index (χ2v) is 34.1. The van der Waals surface area contributed by atoms with E-state index >= 15 is 0 Å². The van der Waals surface area contributed by atoms with Gasteiger partial charge in [0.2, 0.25) is 0 Å². The summed E-state index contributed by atoms with van der Waals surface area (Å²) in [4.78, 5) is 70.9. The second-order valence-electron chi connectivity index (χ2n) is 34.1. The van der Waals surface area contributed by atoms with E-state index in [4.69, 9.17) is 28.4 Å². The number of ether oxygens (including phenoxy) is 6. The molecule has 0 amide bonds. The van der Waals surface area contributed by atoms with E-state index in [2.05, 4.69) is 41.5 Å². The smallest absolute Gasteiger partial charge is 0.312 e. The fraction of sp³-hybridized carbons (Fsp3) is 0.922. The summed E-state index contributed by atoms with van der Waals surface area (Å²) in [6.45, 7) is 61.8. The van der Waals surface area contributed by atoms with Crippen LogP contribution in [0.15, 0.2) is 0 Å². The fourth-order valence-corrected chi connectivity index (χ4v) is 13.5. The van der Waals surface area contributed by atoms with Gasteiger partial charge in [-0.1, -0.05) is 104 Å². The van der Waals surface area contributed by atoms with Gasteiger partial charge in [0.1, 0.15) is 33.6 Å². The molecule has 0 N–H and O–H groups in total. The maximum atomic E-state index is 12.8. The van der Waals surface area contributed by atoms with Gasteiger partial charge in [-0.25, -0.2) is 0 Å². The number of carbonyl (C=O) groups is 6. The van der Waals surface area contributed by atoms with Gasteiger partial charge in [0.05, 0.1) is 34.0 Å². The van der Waals surface area contributed by atoms with Gasteiger partial charge in [-0.3, -0.25) is 28.8 Å². The van der Waals surface area contributed by atoms with Crippen molar-refractivity contribution in [3.05, 3.63) is 0 Å². The Morgan fingerprint density at radius 2 is 0.584 bits per heavy atom. The van der Waals surface area contributed by atoms with Crippen molar-refractivity contribution in [2.45, 2.75) is 364 Å². The number of rotatable bonds is 20. The third-order valence-corrected chi connectivity index (χ3v) is 21.8. The molecule has 0 spiro atoms. The highest BCUT2D eigenvalue weighted by Gasteiger charge is 2.62. The minimum atomic E-state index is -0.372. The lowest BCUT2D eigenvalue weighted by Gasteiger charge is -2.62. The molecule has 0 saturated heterocycles. The normalized spacial score (nSPS) is 26.9. The third-order valence-electron chi connectivity index (χ3n) is 21.8.